The molecule has 104 valence electrons. The first-order valence-corrected chi connectivity index (χ1v) is 7.61. The highest BCUT2D eigenvalue weighted by molar-refractivity contribution is 8.15. The molecule has 0 aromatic heterocycles. The van der Waals surface area contributed by atoms with Gasteiger partial charge in [-0.2, -0.15) is 0 Å². The van der Waals surface area contributed by atoms with Gasteiger partial charge >= 0.3 is 0 Å². The predicted octanol–water partition coefficient (Wildman–Crippen LogP) is 3.76. The van der Waals surface area contributed by atoms with Crippen LogP contribution >= 0.6 is 11.8 Å². The smallest absolute Gasteiger partial charge is 0.161 e. The van der Waals surface area contributed by atoms with E-state index in [1.54, 1.807) is 7.11 Å². The van der Waals surface area contributed by atoms with E-state index in [0.717, 1.165) is 23.3 Å². The lowest BCUT2D eigenvalue weighted by molar-refractivity contribution is 0.185. The molecule has 0 spiro atoms. The van der Waals surface area contributed by atoms with Crippen LogP contribution in [0.5, 0.6) is 0 Å². The molecule has 1 heterocycles. The zero-order valence-corrected chi connectivity index (χ0v) is 12.7. The quantitative estimate of drug-likeness (QED) is 0.890. The molecule has 1 unspecified atom stereocenters. The Morgan fingerprint density at radius 3 is 3.05 bits per heavy atom. The number of benzene rings is 1. The Kier molecular flexibility index (Phi) is 5.28. The molecule has 0 aliphatic carbocycles. The minimum absolute atomic E-state index is 0.629. The van der Waals surface area contributed by atoms with E-state index in [2.05, 4.69) is 42.4 Å². The van der Waals surface area contributed by atoms with E-state index in [0.29, 0.717) is 11.9 Å². The lowest BCUT2D eigenvalue weighted by atomic mass is 10.1. The van der Waals surface area contributed by atoms with Crippen molar-refractivity contribution < 1.29 is 4.74 Å². The van der Waals surface area contributed by atoms with Crippen LogP contribution in [0, 0.1) is 5.92 Å². The number of thioether (sulfide) groups is 1. The third-order valence-electron chi connectivity index (χ3n) is 2.94. The zero-order chi connectivity index (χ0) is 13.7. The number of ether oxygens (including phenoxy) is 1. The van der Waals surface area contributed by atoms with Crippen LogP contribution in [0.25, 0.3) is 0 Å². The Labute approximate surface area is 119 Å². The normalized spacial score (nSPS) is 18.7. The molecule has 0 radical (unpaired) electrons. The van der Waals surface area contributed by atoms with Crippen molar-refractivity contribution in [3.8, 4) is 0 Å². The molecular weight excluding hydrogens is 256 g/mol. The van der Waals surface area contributed by atoms with Crippen molar-refractivity contribution in [3.63, 3.8) is 0 Å². The Morgan fingerprint density at radius 1 is 1.47 bits per heavy atom. The van der Waals surface area contributed by atoms with Crippen molar-refractivity contribution in [2.24, 2.45) is 10.9 Å². The summed E-state index contributed by atoms with van der Waals surface area (Å²) in [6.07, 6.45) is 1.23. The van der Waals surface area contributed by atoms with Crippen molar-refractivity contribution in [1.82, 2.24) is 0 Å². The lowest BCUT2D eigenvalue weighted by Gasteiger charge is -2.11. The fraction of sp³-hybridized carbons (Fsp3) is 0.533. The Morgan fingerprint density at radius 2 is 2.32 bits per heavy atom. The maximum absolute atomic E-state index is 5.15. The summed E-state index contributed by atoms with van der Waals surface area (Å²) in [6.45, 7) is 6.11. The largest absolute Gasteiger partial charge is 0.380 e. The van der Waals surface area contributed by atoms with Gasteiger partial charge in [0.1, 0.15) is 0 Å². The van der Waals surface area contributed by atoms with Crippen LogP contribution < -0.4 is 5.32 Å². The number of rotatable bonds is 5. The molecule has 3 nitrogen and oxygen atoms in total. The zero-order valence-electron chi connectivity index (χ0n) is 11.8. The topological polar surface area (TPSA) is 33.6 Å². The summed E-state index contributed by atoms with van der Waals surface area (Å²) in [4.78, 5) is 4.58. The van der Waals surface area contributed by atoms with Crippen LogP contribution in [-0.4, -0.2) is 24.1 Å². The summed E-state index contributed by atoms with van der Waals surface area (Å²) in [5, 5.41) is 5.07. The third kappa shape index (κ3) is 4.55. The molecule has 0 amide bonds. The summed E-state index contributed by atoms with van der Waals surface area (Å²) in [5.74, 6) is 0.733. The van der Waals surface area contributed by atoms with Gasteiger partial charge in [0.05, 0.1) is 13.2 Å². The minimum Gasteiger partial charge on any atom is -0.380 e. The first kappa shape index (κ1) is 14.4. The van der Waals surface area contributed by atoms with Crippen molar-refractivity contribution in [1.29, 1.82) is 0 Å². The first-order valence-electron chi connectivity index (χ1n) is 6.73. The molecule has 1 aromatic carbocycles. The maximum atomic E-state index is 5.15. The highest BCUT2D eigenvalue weighted by Crippen LogP contribution is 2.27. The van der Waals surface area contributed by atoms with Crippen molar-refractivity contribution in [3.05, 3.63) is 29.8 Å². The van der Waals surface area contributed by atoms with Gasteiger partial charge in [-0.05, 0) is 30.0 Å². The number of anilines is 1. The fourth-order valence-electron chi connectivity index (χ4n) is 2.16. The Balaban J connectivity index is 1.90. The van der Waals surface area contributed by atoms with E-state index in [1.807, 2.05) is 17.8 Å². The molecule has 4 heteroatoms. The van der Waals surface area contributed by atoms with E-state index in [-0.39, 0.29) is 0 Å². The molecule has 0 bridgehead atoms. The number of aliphatic imine (C=N–C) groups is 1. The molecule has 1 aliphatic heterocycles. The minimum atomic E-state index is 0.629. The molecule has 2 rings (SSSR count). The van der Waals surface area contributed by atoms with Crippen LogP contribution in [0.4, 0.5) is 5.69 Å². The summed E-state index contributed by atoms with van der Waals surface area (Å²) < 4.78 is 5.15. The summed E-state index contributed by atoms with van der Waals surface area (Å²) in [6, 6.07) is 8.29. The first-order chi connectivity index (χ1) is 9.17. The average Bonchev–Trinajstić information content (AvgIpc) is 2.76. The number of amidine groups is 1. The van der Waals surface area contributed by atoms with E-state index in [9.17, 15) is 0 Å². The Hall–Kier alpha value is -1.00. The molecule has 1 aliphatic rings. The number of hydrogen-bond acceptors (Lipinski definition) is 4. The summed E-state index contributed by atoms with van der Waals surface area (Å²) in [7, 11) is 1.72. The van der Waals surface area contributed by atoms with Gasteiger partial charge in [0.15, 0.2) is 5.17 Å². The van der Waals surface area contributed by atoms with Crippen molar-refractivity contribution in [2.45, 2.75) is 32.1 Å². The van der Waals surface area contributed by atoms with Gasteiger partial charge in [0, 0.05) is 18.0 Å². The molecule has 0 saturated carbocycles. The summed E-state index contributed by atoms with van der Waals surface area (Å²) in [5.41, 5.74) is 2.26. The second kappa shape index (κ2) is 6.96. The molecular formula is C15H22N2OS. The van der Waals surface area contributed by atoms with Gasteiger partial charge in [0.2, 0.25) is 0 Å². The fourth-order valence-corrected chi connectivity index (χ4v) is 3.44. The van der Waals surface area contributed by atoms with Gasteiger partial charge in [-0.3, -0.25) is 4.99 Å². The van der Waals surface area contributed by atoms with Crippen LogP contribution in [0.3, 0.4) is 0 Å². The molecule has 1 atom stereocenters. The highest BCUT2D eigenvalue weighted by Gasteiger charge is 2.20. The van der Waals surface area contributed by atoms with Crippen LogP contribution in [0.1, 0.15) is 25.8 Å². The molecule has 19 heavy (non-hydrogen) atoms. The van der Waals surface area contributed by atoms with Gasteiger partial charge in [0.25, 0.3) is 0 Å². The van der Waals surface area contributed by atoms with E-state index in [4.69, 9.17) is 4.74 Å². The molecule has 0 saturated heterocycles. The molecule has 1 N–H and O–H groups in total. The van der Waals surface area contributed by atoms with E-state index >= 15 is 0 Å². The van der Waals surface area contributed by atoms with Crippen molar-refractivity contribution in [2.75, 3.05) is 19.0 Å². The number of hydrogen-bond donors (Lipinski definition) is 1. The van der Waals surface area contributed by atoms with E-state index in [1.165, 1.54) is 12.0 Å². The standard InChI is InChI=1S/C15H22N2OS/c1-11(2)7-14-9-16-15(19-14)17-13-6-4-5-12(8-13)10-18-3/h4-6,8,11,14H,7,9-10H2,1-3H3,(H,16,17). The van der Waals surface area contributed by atoms with Gasteiger partial charge in [-0.15, -0.1) is 0 Å². The molecule has 0 fully saturated rings. The van der Waals surface area contributed by atoms with Gasteiger partial charge < -0.3 is 10.1 Å². The van der Waals surface area contributed by atoms with Crippen LogP contribution in [0.2, 0.25) is 0 Å². The second-order valence-corrected chi connectivity index (χ2v) is 6.56. The van der Waals surface area contributed by atoms with Crippen LogP contribution in [0.15, 0.2) is 29.3 Å². The Bertz CT molecular complexity index is 446. The van der Waals surface area contributed by atoms with Gasteiger partial charge in [-0.25, -0.2) is 0 Å². The number of nitrogens with zero attached hydrogens (tertiary/aromatic N) is 1. The number of methoxy groups -OCH3 is 1. The van der Waals surface area contributed by atoms with Crippen LogP contribution in [-0.2, 0) is 11.3 Å². The predicted molar refractivity (Wildman–Crippen MR) is 83.9 cm³/mol. The number of nitrogens with one attached hydrogen (secondary N) is 1. The highest BCUT2D eigenvalue weighted by atomic mass is 32.2. The van der Waals surface area contributed by atoms with Crippen molar-refractivity contribution >= 4 is 22.6 Å². The van der Waals surface area contributed by atoms with E-state index < -0.39 is 0 Å². The lowest BCUT2D eigenvalue weighted by Crippen LogP contribution is -2.09. The average molecular weight is 278 g/mol. The SMILES string of the molecule is COCc1cccc(NC2=NCC(CC(C)C)S2)c1. The maximum Gasteiger partial charge on any atom is 0.161 e. The third-order valence-corrected chi connectivity index (χ3v) is 4.07. The molecule has 1 aromatic rings. The second-order valence-electron chi connectivity index (χ2n) is 5.27. The van der Waals surface area contributed by atoms with Gasteiger partial charge in [-0.1, -0.05) is 37.7 Å². The summed E-state index contributed by atoms with van der Waals surface area (Å²) >= 11 is 1.86. The monoisotopic (exact) mass is 278 g/mol.